The van der Waals surface area contributed by atoms with Gasteiger partial charge in [-0.05, 0) is 44.2 Å². The highest BCUT2D eigenvalue weighted by atomic mass is 79.9. The van der Waals surface area contributed by atoms with Crippen molar-refractivity contribution >= 4 is 31.6 Å². The van der Waals surface area contributed by atoms with Crippen LogP contribution in [0, 0.1) is 6.92 Å². The lowest BCUT2D eigenvalue weighted by molar-refractivity contribution is 0.441. The van der Waals surface area contributed by atoms with Gasteiger partial charge in [0, 0.05) is 4.47 Å². The molecule has 3 N–H and O–H groups in total. The average Bonchev–Trinajstić information content (AvgIpc) is 2.74. The molecule has 0 aliphatic heterocycles. The molecule has 2 aromatic rings. The topological polar surface area (TPSA) is 85.3 Å². The summed E-state index contributed by atoms with van der Waals surface area (Å²) in [4.78, 5) is 0.0517. The number of hydrogen-bond donors (Lipinski definition) is 2. The fourth-order valence-corrected chi connectivity index (χ4v) is 3.51. The Kier molecular flexibility index (Phi) is 4.22. The minimum Gasteiger partial charge on any atom is -0.465 e. The number of halogens is 1. The van der Waals surface area contributed by atoms with Gasteiger partial charge in [-0.3, -0.25) is 0 Å². The average molecular weight is 359 g/mol. The van der Waals surface area contributed by atoms with E-state index in [1.807, 2.05) is 0 Å². The molecule has 0 fully saturated rings. The molecule has 1 atom stereocenters. The molecule has 5 nitrogen and oxygen atoms in total. The van der Waals surface area contributed by atoms with Crippen LogP contribution in [0.2, 0.25) is 0 Å². The van der Waals surface area contributed by atoms with Crippen LogP contribution in [0.4, 0.5) is 5.69 Å². The van der Waals surface area contributed by atoms with E-state index in [1.165, 1.54) is 6.07 Å². The van der Waals surface area contributed by atoms with Gasteiger partial charge in [0.2, 0.25) is 10.0 Å². The smallest absolute Gasteiger partial charge is 0.243 e. The van der Waals surface area contributed by atoms with E-state index < -0.39 is 16.1 Å². The molecule has 1 unspecified atom stereocenters. The predicted octanol–water partition coefficient (Wildman–Crippen LogP) is 2.97. The molecule has 0 radical (unpaired) electrons. The van der Waals surface area contributed by atoms with Crippen molar-refractivity contribution in [2.75, 3.05) is 5.73 Å². The summed E-state index contributed by atoms with van der Waals surface area (Å²) >= 11 is 3.24. The zero-order chi connectivity index (χ0) is 14.9. The van der Waals surface area contributed by atoms with E-state index in [2.05, 4.69) is 20.7 Å². The molecule has 1 aromatic heterocycles. The number of nitrogens with one attached hydrogen (secondary N) is 1. The Morgan fingerprint density at radius 1 is 1.30 bits per heavy atom. The number of nitrogens with two attached hydrogens (primary N) is 1. The van der Waals surface area contributed by atoms with Gasteiger partial charge in [-0.2, -0.15) is 0 Å². The van der Waals surface area contributed by atoms with Crippen molar-refractivity contribution in [1.29, 1.82) is 0 Å². The lowest BCUT2D eigenvalue weighted by Gasteiger charge is -2.13. The van der Waals surface area contributed by atoms with Crippen molar-refractivity contribution in [2.45, 2.75) is 24.8 Å². The van der Waals surface area contributed by atoms with Crippen LogP contribution in [0.3, 0.4) is 0 Å². The lowest BCUT2D eigenvalue weighted by atomic mass is 10.3. The number of anilines is 1. The van der Waals surface area contributed by atoms with Gasteiger partial charge in [-0.1, -0.05) is 15.9 Å². The van der Waals surface area contributed by atoms with E-state index in [0.717, 1.165) is 10.2 Å². The first-order chi connectivity index (χ1) is 9.29. The van der Waals surface area contributed by atoms with Crippen molar-refractivity contribution < 1.29 is 12.8 Å². The third kappa shape index (κ3) is 3.23. The zero-order valence-corrected chi connectivity index (χ0v) is 13.5. The van der Waals surface area contributed by atoms with Gasteiger partial charge in [-0.25, -0.2) is 13.1 Å². The van der Waals surface area contributed by atoms with Crippen LogP contribution in [-0.2, 0) is 10.0 Å². The predicted molar refractivity (Wildman–Crippen MR) is 80.7 cm³/mol. The first kappa shape index (κ1) is 15.1. The normalized spacial score (nSPS) is 13.3. The molecule has 0 aliphatic rings. The Morgan fingerprint density at radius 3 is 2.55 bits per heavy atom. The maximum absolute atomic E-state index is 12.3. The maximum Gasteiger partial charge on any atom is 0.243 e. The van der Waals surface area contributed by atoms with Gasteiger partial charge in [0.1, 0.15) is 16.4 Å². The summed E-state index contributed by atoms with van der Waals surface area (Å²) in [5.41, 5.74) is 5.94. The molecule has 0 aliphatic carbocycles. The molecule has 0 spiro atoms. The highest BCUT2D eigenvalue weighted by Gasteiger charge is 2.22. The second-order valence-corrected chi connectivity index (χ2v) is 7.07. The van der Waals surface area contributed by atoms with Crippen LogP contribution in [0.25, 0.3) is 0 Å². The van der Waals surface area contributed by atoms with E-state index in [1.54, 1.807) is 38.1 Å². The number of rotatable bonds is 4. The Morgan fingerprint density at radius 2 is 2.00 bits per heavy atom. The first-order valence-electron chi connectivity index (χ1n) is 5.93. The number of nitrogen functional groups attached to an aromatic ring is 1. The number of benzene rings is 1. The van der Waals surface area contributed by atoms with Gasteiger partial charge in [0.05, 0.1) is 11.7 Å². The summed E-state index contributed by atoms with van der Waals surface area (Å²) in [7, 11) is -3.70. The molecule has 2 rings (SSSR count). The molecule has 108 valence electrons. The molecule has 0 saturated heterocycles. The van der Waals surface area contributed by atoms with E-state index in [4.69, 9.17) is 10.2 Å². The number of furan rings is 1. The number of hydrogen-bond acceptors (Lipinski definition) is 4. The third-order valence-electron chi connectivity index (χ3n) is 2.78. The SMILES string of the molecule is Cc1ccc(C(C)NS(=O)(=O)c2ccc(Br)cc2N)o1. The van der Waals surface area contributed by atoms with Crippen LogP contribution in [0.5, 0.6) is 0 Å². The Hall–Kier alpha value is -1.31. The largest absolute Gasteiger partial charge is 0.465 e. The molecule has 1 aromatic carbocycles. The van der Waals surface area contributed by atoms with E-state index in [0.29, 0.717) is 5.76 Å². The molecular formula is C13H15BrN2O3S. The summed E-state index contributed by atoms with van der Waals surface area (Å²) < 4.78 is 33.3. The summed E-state index contributed by atoms with van der Waals surface area (Å²) in [5.74, 6) is 1.29. The molecule has 0 bridgehead atoms. The summed E-state index contributed by atoms with van der Waals surface area (Å²) in [6, 6.07) is 7.70. The minimum atomic E-state index is -3.70. The van der Waals surface area contributed by atoms with Crippen LogP contribution >= 0.6 is 15.9 Å². The lowest BCUT2D eigenvalue weighted by Crippen LogP contribution is -2.27. The Bertz CT molecular complexity index is 725. The molecule has 1 heterocycles. The standard InChI is InChI=1S/C13H15BrN2O3S/c1-8-3-5-12(19-8)9(2)16-20(17,18)13-6-4-10(14)7-11(13)15/h3-7,9,16H,15H2,1-2H3. The van der Waals surface area contributed by atoms with Gasteiger partial charge in [0.15, 0.2) is 0 Å². The third-order valence-corrected chi connectivity index (χ3v) is 4.89. The molecule has 0 saturated carbocycles. The van der Waals surface area contributed by atoms with Crippen molar-refractivity contribution in [2.24, 2.45) is 0 Å². The Balaban J connectivity index is 2.27. The van der Waals surface area contributed by atoms with Crippen molar-refractivity contribution in [1.82, 2.24) is 4.72 Å². The molecule has 7 heteroatoms. The Labute approximate surface area is 126 Å². The highest BCUT2D eigenvalue weighted by molar-refractivity contribution is 9.10. The van der Waals surface area contributed by atoms with Gasteiger partial charge in [-0.15, -0.1) is 0 Å². The van der Waals surface area contributed by atoms with Crippen molar-refractivity contribution in [3.63, 3.8) is 0 Å². The first-order valence-corrected chi connectivity index (χ1v) is 8.21. The minimum absolute atomic E-state index is 0.0517. The van der Waals surface area contributed by atoms with Crippen LogP contribution in [0.1, 0.15) is 24.5 Å². The van der Waals surface area contributed by atoms with E-state index >= 15 is 0 Å². The van der Waals surface area contributed by atoms with Gasteiger partial charge >= 0.3 is 0 Å². The van der Waals surface area contributed by atoms with Gasteiger partial charge < -0.3 is 10.2 Å². The highest BCUT2D eigenvalue weighted by Crippen LogP contribution is 2.25. The second-order valence-electron chi connectivity index (χ2n) is 4.47. The number of aryl methyl sites for hydroxylation is 1. The van der Waals surface area contributed by atoms with Crippen molar-refractivity contribution in [3.8, 4) is 0 Å². The molecule has 0 amide bonds. The number of sulfonamides is 1. The quantitative estimate of drug-likeness (QED) is 0.822. The maximum atomic E-state index is 12.3. The second kappa shape index (κ2) is 5.59. The molecular weight excluding hydrogens is 344 g/mol. The summed E-state index contributed by atoms with van der Waals surface area (Å²) in [6.45, 7) is 3.52. The van der Waals surface area contributed by atoms with Crippen LogP contribution in [0.15, 0.2) is 44.1 Å². The fraction of sp³-hybridized carbons (Fsp3) is 0.231. The summed E-state index contributed by atoms with van der Waals surface area (Å²) in [6.07, 6.45) is 0. The fourth-order valence-electron chi connectivity index (χ4n) is 1.80. The van der Waals surface area contributed by atoms with Crippen molar-refractivity contribution in [3.05, 3.63) is 46.3 Å². The zero-order valence-electron chi connectivity index (χ0n) is 11.1. The van der Waals surface area contributed by atoms with E-state index in [-0.39, 0.29) is 10.6 Å². The van der Waals surface area contributed by atoms with Crippen LogP contribution < -0.4 is 10.5 Å². The van der Waals surface area contributed by atoms with Gasteiger partial charge in [0.25, 0.3) is 0 Å². The summed E-state index contributed by atoms with van der Waals surface area (Å²) in [5, 5.41) is 0. The molecule has 20 heavy (non-hydrogen) atoms. The van der Waals surface area contributed by atoms with Crippen LogP contribution in [-0.4, -0.2) is 8.42 Å². The monoisotopic (exact) mass is 358 g/mol. The van der Waals surface area contributed by atoms with E-state index in [9.17, 15) is 8.42 Å².